The lowest BCUT2D eigenvalue weighted by Gasteiger charge is -2.29. The van der Waals surface area contributed by atoms with Gasteiger partial charge in [-0.15, -0.1) is 0 Å². The number of methoxy groups -OCH3 is 1. The van der Waals surface area contributed by atoms with Crippen molar-refractivity contribution in [2.75, 3.05) is 26.7 Å². The van der Waals surface area contributed by atoms with E-state index in [1.54, 1.807) is 0 Å². The van der Waals surface area contributed by atoms with Gasteiger partial charge < -0.3 is 10.5 Å². The van der Waals surface area contributed by atoms with Crippen LogP contribution in [0.4, 0.5) is 4.39 Å². The van der Waals surface area contributed by atoms with Crippen molar-refractivity contribution in [2.24, 2.45) is 11.7 Å². The van der Waals surface area contributed by atoms with Crippen molar-refractivity contribution in [1.29, 1.82) is 0 Å². The molecule has 1 saturated heterocycles. The molecule has 21 heavy (non-hydrogen) atoms. The van der Waals surface area contributed by atoms with Gasteiger partial charge in [0.15, 0.2) is 5.78 Å². The number of ketones is 1. The van der Waals surface area contributed by atoms with Crippen LogP contribution >= 0.6 is 0 Å². The second-order valence-corrected chi connectivity index (χ2v) is 5.22. The van der Waals surface area contributed by atoms with Gasteiger partial charge in [0.25, 0.3) is 0 Å². The molecule has 6 heteroatoms. The van der Waals surface area contributed by atoms with E-state index in [0.717, 1.165) is 0 Å². The predicted octanol–water partition coefficient (Wildman–Crippen LogP) is 1.21. The fraction of sp³-hybridized carbons (Fsp3) is 0.467. The van der Waals surface area contributed by atoms with Crippen LogP contribution in [-0.2, 0) is 4.79 Å². The van der Waals surface area contributed by atoms with Crippen LogP contribution in [0.1, 0.15) is 23.2 Å². The summed E-state index contributed by atoms with van der Waals surface area (Å²) in [5.74, 6) is -0.684. The number of carbonyl (C=O) groups excluding carboxylic acids is 2. The molecule has 0 unspecified atom stereocenters. The average molecular weight is 294 g/mol. The van der Waals surface area contributed by atoms with Crippen LogP contribution in [0.2, 0.25) is 0 Å². The zero-order chi connectivity index (χ0) is 15.4. The van der Waals surface area contributed by atoms with Crippen molar-refractivity contribution < 1.29 is 18.7 Å². The molecule has 1 aromatic rings. The average Bonchev–Trinajstić information content (AvgIpc) is 2.47. The number of ether oxygens (including phenoxy) is 1. The first-order valence-corrected chi connectivity index (χ1v) is 6.89. The Hall–Kier alpha value is -1.95. The summed E-state index contributed by atoms with van der Waals surface area (Å²) < 4.78 is 18.4. The number of carbonyl (C=O) groups is 2. The number of hydrogen-bond acceptors (Lipinski definition) is 4. The lowest BCUT2D eigenvalue weighted by molar-refractivity contribution is -0.123. The third-order valence-corrected chi connectivity index (χ3v) is 3.82. The van der Waals surface area contributed by atoms with Crippen molar-refractivity contribution >= 4 is 11.7 Å². The number of Topliss-reactive ketones (excluding diaryl/α,β-unsaturated/α-hetero) is 1. The van der Waals surface area contributed by atoms with Crippen LogP contribution in [0, 0.1) is 11.7 Å². The molecule has 1 amide bonds. The highest BCUT2D eigenvalue weighted by Crippen LogP contribution is 2.22. The Kier molecular flexibility index (Phi) is 4.90. The minimum absolute atomic E-state index is 0.111. The van der Waals surface area contributed by atoms with E-state index in [9.17, 15) is 14.0 Å². The third-order valence-electron chi connectivity index (χ3n) is 3.82. The summed E-state index contributed by atoms with van der Waals surface area (Å²) in [4.78, 5) is 25.3. The number of halogens is 1. The molecule has 2 N–H and O–H groups in total. The van der Waals surface area contributed by atoms with E-state index in [4.69, 9.17) is 10.5 Å². The van der Waals surface area contributed by atoms with E-state index in [0.29, 0.717) is 31.7 Å². The first-order valence-electron chi connectivity index (χ1n) is 6.89. The first kappa shape index (κ1) is 15.4. The number of nitrogens with zero attached hydrogens (tertiary/aromatic N) is 1. The summed E-state index contributed by atoms with van der Waals surface area (Å²) in [7, 11) is 1.45. The summed E-state index contributed by atoms with van der Waals surface area (Å²) in [6.45, 7) is 1.46. The molecule has 0 bridgehead atoms. The highest BCUT2D eigenvalue weighted by molar-refractivity contribution is 6.00. The second kappa shape index (κ2) is 6.67. The van der Waals surface area contributed by atoms with Gasteiger partial charge in [0.05, 0.1) is 19.2 Å². The predicted molar refractivity (Wildman–Crippen MR) is 75.6 cm³/mol. The monoisotopic (exact) mass is 294 g/mol. The highest BCUT2D eigenvalue weighted by Gasteiger charge is 2.25. The molecule has 0 spiro atoms. The molecule has 1 aliphatic rings. The number of benzene rings is 1. The van der Waals surface area contributed by atoms with Crippen molar-refractivity contribution in [3.63, 3.8) is 0 Å². The summed E-state index contributed by atoms with van der Waals surface area (Å²) in [6.07, 6.45) is 1.31. The maximum Gasteiger partial charge on any atom is 0.220 e. The van der Waals surface area contributed by atoms with Crippen LogP contribution in [-0.4, -0.2) is 43.3 Å². The molecule has 0 radical (unpaired) electrons. The van der Waals surface area contributed by atoms with Crippen molar-refractivity contribution in [3.8, 4) is 5.75 Å². The van der Waals surface area contributed by atoms with Crippen LogP contribution in [0.25, 0.3) is 0 Å². The number of piperidine rings is 1. The van der Waals surface area contributed by atoms with Crippen molar-refractivity contribution in [1.82, 2.24) is 4.90 Å². The Morgan fingerprint density at radius 3 is 2.62 bits per heavy atom. The van der Waals surface area contributed by atoms with Crippen LogP contribution in [0.5, 0.6) is 5.75 Å². The zero-order valence-electron chi connectivity index (χ0n) is 12.0. The Morgan fingerprint density at radius 1 is 1.38 bits per heavy atom. The summed E-state index contributed by atoms with van der Waals surface area (Å²) >= 11 is 0. The largest absolute Gasteiger partial charge is 0.496 e. The molecule has 0 atom stereocenters. The maximum atomic E-state index is 13.3. The molecular weight excluding hydrogens is 275 g/mol. The molecular formula is C15H19FN2O3. The van der Waals surface area contributed by atoms with Gasteiger partial charge in [-0.05, 0) is 44.1 Å². The third kappa shape index (κ3) is 3.78. The molecule has 114 valence electrons. The van der Waals surface area contributed by atoms with E-state index in [1.807, 2.05) is 4.90 Å². The highest BCUT2D eigenvalue weighted by atomic mass is 19.1. The zero-order valence-corrected chi connectivity index (χ0v) is 12.0. The molecule has 1 aromatic carbocycles. The molecule has 1 aliphatic heterocycles. The maximum absolute atomic E-state index is 13.3. The number of rotatable bonds is 5. The molecule has 0 saturated carbocycles. The molecule has 1 heterocycles. The molecule has 5 nitrogen and oxygen atoms in total. The Bertz CT molecular complexity index is 540. The minimum atomic E-state index is -0.466. The molecule has 0 aromatic heterocycles. The van der Waals surface area contributed by atoms with E-state index in [-0.39, 0.29) is 29.7 Å². The van der Waals surface area contributed by atoms with E-state index < -0.39 is 5.82 Å². The Labute approximate surface area is 122 Å². The lowest BCUT2D eigenvalue weighted by Crippen LogP contribution is -2.40. The molecule has 0 aliphatic carbocycles. The molecule has 2 rings (SSSR count). The van der Waals surface area contributed by atoms with Crippen molar-refractivity contribution in [3.05, 3.63) is 29.6 Å². The number of primary amides is 1. The second-order valence-electron chi connectivity index (χ2n) is 5.22. The van der Waals surface area contributed by atoms with E-state index in [1.165, 1.54) is 25.3 Å². The van der Waals surface area contributed by atoms with Gasteiger partial charge >= 0.3 is 0 Å². The van der Waals surface area contributed by atoms with Gasteiger partial charge in [-0.1, -0.05) is 0 Å². The number of hydrogen-bond donors (Lipinski definition) is 1. The number of nitrogens with two attached hydrogens (primary N) is 1. The van der Waals surface area contributed by atoms with Crippen LogP contribution in [0.3, 0.4) is 0 Å². The van der Waals surface area contributed by atoms with Gasteiger partial charge in [-0.25, -0.2) is 4.39 Å². The van der Waals surface area contributed by atoms with Gasteiger partial charge in [-0.3, -0.25) is 14.5 Å². The van der Waals surface area contributed by atoms with Gasteiger partial charge in [0.1, 0.15) is 11.6 Å². The topological polar surface area (TPSA) is 72.6 Å². The van der Waals surface area contributed by atoms with Gasteiger partial charge in [-0.2, -0.15) is 0 Å². The summed E-state index contributed by atoms with van der Waals surface area (Å²) in [5.41, 5.74) is 5.52. The van der Waals surface area contributed by atoms with Crippen LogP contribution < -0.4 is 10.5 Å². The summed E-state index contributed by atoms with van der Waals surface area (Å²) in [6, 6.07) is 3.90. The number of likely N-dealkylation sites (tertiary alicyclic amines) is 1. The molecule has 1 fully saturated rings. The standard InChI is InChI=1S/C15H19FN2O3/c1-21-14-3-2-11(16)8-12(14)13(19)9-18-6-4-10(5-7-18)15(17)20/h2-3,8,10H,4-7,9H2,1H3,(H2,17,20). The Morgan fingerprint density at radius 2 is 2.05 bits per heavy atom. The Balaban J connectivity index is 1.99. The number of amides is 1. The van der Waals surface area contributed by atoms with Crippen LogP contribution in [0.15, 0.2) is 18.2 Å². The van der Waals surface area contributed by atoms with E-state index in [2.05, 4.69) is 0 Å². The SMILES string of the molecule is COc1ccc(F)cc1C(=O)CN1CCC(C(N)=O)CC1. The summed E-state index contributed by atoms with van der Waals surface area (Å²) in [5, 5.41) is 0. The van der Waals surface area contributed by atoms with E-state index >= 15 is 0 Å². The first-order chi connectivity index (χ1) is 10.0. The van der Waals surface area contributed by atoms with Gasteiger partial charge in [0.2, 0.25) is 5.91 Å². The quantitative estimate of drug-likeness (QED) is 0.829. The minimum Gasteiger partial charge on any atom is -0.496 e. The fourth-order valence-electron chi connectivity index (χ4n) is 2.56. The fourth-order valence-corrected chi connectivity index (χ4v) is 2.56. The smallest absolute Gasteiger partial charge is 0.220 e. The normalized spacial score (nSPS) is 16.7. The van der Waals surface area contributed by atoms with Gasteiger partial charge in [0, 0.05) is 5.92 Å². The van der Waals surface area contributed by atoms with Crippen molar-refractivity contribution in [2.45, 2.75) is 12.8 Å². The lowest BCUT2D eigenvalue weighted by atomic mass is 9.96.